The van der Waals surface area contributed by atoms with E-state index in [1.807, 2.05) is 13.8 Å². The van der Waals surface area contributed by atoms with E-state index in [-0.39, 0.29) is 5.92 Å². The second kappa shape index (κ2) is 5.64. The molecule has 0 aromatic carbocycles. The molecule has 0 radical (unpaired) electrons. The van der Waals surface area contributed by atoms with Crippen LogP contribution in [0.2, 0.25) is 0 Å². The van der Waals surface area contributed by atoms with Gasteiger partial charge < -0.3 is 4.90 Å². The zero-order valence-corrected chi connectivity index (χ0v) is 10.6. The van der Waals surface area contributed by atoms with E-state index in [4.69, 9.17) is 0 Å². The lowest BCUT2D eigenvalue weighted by atomic mass is 9.87. The first-order valence-corrected chi connectivity index (χ1v) is 6.26. The molecule has 0 unspecified atom stereocenters. The molecule has 1 saturated heterocycles. The van der Waals surface area contributed by atoms with Gasteiger partial charge in [0.05, 0.1) is 0 Å². The number of hydrogen-bond donors (Lipinski definition) is 0. The lowest BCUT2D eigenvalue weighted by Crippen LogP contribution is -2.39. The van der Waals surface area contributed by atoms with Gasteiger partial charge in [-0.15, -0.1) is 0 Å². The molecule has 0 N–H and O–H groups in total. The van der Waals surface area contributed by atoms with Gasteiger partial charge in [0, 0.05) is 18.4 Å². The minimum Gasteiger partial charge on any atom is -0.303 e. The number of ketones is 1. The monoisotopic (exact) mass is 211 g/mol. The highest BCUT2D eigenvalue weighted by molar-refractivity contribution is 5.82. The Hall–Kier alpha value is -0.370. The fourth-order valence-electron chi connectivity index (χ4n) is 2.39. The van der Waals surface area contributed by atoms with Crippen LogP contribution in [-0.2, 0) is 4.79 Å². The van der Waals surface area contributed by atoms with Gasteiger partial charge in [0.2, 0.25) is 0 Å². The molecule has 1 fully saturated rings. The highest BCUT2D eigenvalue weighted by atomic mass is 16.1. The average Bonchev–Trinajstić information content (AvgIpc) is 2.17. The van der Waals surface area contributed by atoms with Gasteiger partial charge in [-0.25, -0.2) is 0 Å². The quantitative estimate of drug-likeness (QED) is 0.712. The highest BCUT2D eigenvalue weighted by Gasteiger charge is 2.26. The van der Waals surface area contributed by atoms with Crippen LogP contribution < -0.4 is 0 Å². The van der Waals surface area contributed by atoms with Crippen molar-refractivity contribution in [2.24, 2.45) is 17.8 Å². The number of nitrogens with zero attached hydrogens (tertiary/aromatic N) is 1. The van der Waals surface area contributed by atoms with Crippen LogP contribution in [-0.4, -0.2) is 30.3 Å². The molecule has 1 aliphatic rings. The Balaban J connectivity index is 2.32. The molecule has 0 amide bonds. The molecule has 0 saturated carbocycles. The first-order valence-electron chi connectivity index (χ1n) is 6.26. The summed E-state index contributed by atoms with van der Waals surface area (Å²) in [6.45, 7) is 12.0. The Kier molecular flexibility index (Phi) is 4.78. The van der Waals surface area contributed by atoms with Gasteiger partial charge in [-0.3, -0.25) is 4.79 Å². The number of rotatable bonds is 4. The summed E-state index contributed by atoms with van der Waals surface area (Å²) < 4.78 is 0. The second-order valence-electron chi connectivity index (χ2n) is 5.53. The Morgan fingerprint density at radius 2 is 1.73 bits per heavy atom. The van der Waals surface area contributed by atoms with Crippen molar-refractivity contribution in [2.45, 2.75) is 40.5 Å². The number of likely N-dealkylation sites (tertiary alicyclic amines) is 1. The molecular weight excluding hydrogens is 186 g/mol. The van der Waals surface area contributed by atoms with E-state index in [9.17, 15) is 4.79 Å². The average molecular weight is 211 g/mol. The number of Topliss-reactive ketones (excluding diaryl/α,β-unsaturated/α-hetero) is 1. The molecule has 0 aromatic heterocycles. The van der Waals surface area contributed by atoms with E-state index in [0.717, 1.165) is 31.8 Å². The van der Waals surface area contributed by atoms with Crippen molar-refractivity contribution in [1.29, 1.82) is 0 Å². The molecule has 0 atom stereocenters. The smallest absolute Gasteiger partial charge is 0.138 e. The molecule has 1 aliphatic heterocycles. The van der Waals surface area contributed by atoms with Crippen molar-refractivity contribution in [3.05, 3.63) is 0 Å². The molecule has 0 aromatic rings. The fraction of sp³-hybridized carbons (Fsp3) is 0.923. The third kappa shape index (κ3) is 3.94. The van der Waals surface area contributed by atoms with E-state index in [1.54, 1.807) is 0 Å². The van der Waals surface area contributed by atoms with Crippen LogP contribution in [0.25, 0.3) is 0 Å². The van der Waals surface area contributed by atoms with E-state index in [1.165, 1.54) is 6.54 Å². The third-order valence-electron chi connectivity index (χ3n) is 3.18. The normalized spacial score (nSPS) is 20.1. The third-order valence-corrected chi connectivity index (χ3v) is 3.18. The molecule has 2 nitrogen and oxygen atoms in total. The van der Waals surface area contributed by atoms with Gasteiger partial charge in [-0.05, 0) is 31.8 Å². The molecule has 2 heteroatoms. The summed E-state index contributed by atoms with van der Waals surface area (Å²) in [5.74, 6) is 1.77. The molecule has 15 heavy (non-hydrogen) atoms. The van der Waals surface area contributed by atoms with Gasteiger partial charge in [-0.2, -0.15) is 0 Å². The fourth-order valence-corrected chi connectivity index (χ4v) is 2.39. The Bertz CT molecular complexity index is 203. The predicted molar refractivity (Wildman–Crippen MR) is 63.8 cm³/mol. The van der Waals surface area contributed by atoms with Crippen LogP contribution >= 0.6 is 0 Å². The van der Waals surface area contributed by atoms with Gasteiger partial charge in [0.25, 0.3) is 0 Å². The Labute approximate surface area is 94.0 Å². The summed E-state index contributed by atoms with van der Waals surface area (Å²) in [5.41, 5.74) is 0. The van der Waals surface area contributed by atoms with Crippen LogP contribution in [0.5, 0.6) is 0 Å². The second-order valence-corrected chi connectivity index (χ2v) is 5.53. The minimum absolute atomic E-state index is 0.214. The van der Waals surface area contributed by atoms with Crippen molar-refractivity contribution in [3.63, 3.8) is 0 Å². The summed E-state index contributed by atoms with van der Waals surface area (Å²) in [4.78, 5) is 14.3. The lowest BCUT2D eigenvalue weighted by molar-refractivity contribution is -0.127. The maximum Gasteiger partial charge on any atom is 0.138 e. The first kappa shape index (κ1) is 12.7. The molecule has 88 valence electrons. The van der Waals surface area contributed by atoms with Crippen molar-refractivity contribution in [2.75, 3.05) is 19.6 Å². The van der Waals surface area contributed by atoms with Crippen molar-refractivity contribution < 1.29 is 4.79 Å². The Morgan fingerprint density at radius 1 is 1.20 bits per heavy atom. The molecule has 1 rings (SSSR count). The van der Waals surface area contributed by atoms with Gasteiger partial charge in [0.15, 0.2) is 0 Å². The van der Waals surface area contributed by atoms with Crippen LogP contribution in [0.4, 0.5) is 0 Å². The van der Waals surface area contributed by atoms with Gasteiger partial charge in [-0.1, -0.05) is 27.7 Å². The van der Waals surface area contributed by atoms with Gasteiger partial charge in [0.1, 0.15) is 5.78 Å². The van der Waals surface area contributed by atoms with Crippen LogP contribution in [0.1, 0.15) is 40.5 Å². The highest BCUT2D eigenvalue weighted by Crippen LogP contribution is 2.21. The summed E-state index contributed by atoms with van der Waals surface area (Å²) >= 11 is 0. The van der Waals surface area contributed by atoms with Crippen LogP contribution in [0.3, 0.4) is 0 Å². The summed E-state index contributed by atoms with van der Waals surface area (Å²) in [6, 6.07) is 0. The van der Waals surface area contributed by atoms with Crippen molar-refractivity contribution in [1.82, 2.24) is 4.90 Å². The number of carbonyl (C=O) groups excluding carboxylic acids is 1. The number of hydrogen-bond acceptors (Lipinski definition) is 2. The zero-order chi connectivity index (χ0) is 11.4. The van der Waals surface area contributed by atoms with Crippen molar-refractivity contribution >= 4 is 5.78 Å². The summed E-state index contributed by atoms with van der Waals surface area (Å²) in [6.07, 6.45) is 2.15. The maximum absolute atomic E-state index is 11.8. The largest absolute Gasteiger partial charge is 0.303 e. The van der Waals surface area contributed by atoms with E-state index in [2.05, 4.69) is 18.7 Å². The van der Waals surface area contributed by atoms with E-state index >= 15 is 0 Å². The molecule has 0 bridgehead atoms. The standard InChI is InChI=1S/C13H25NO/c1-10(2)9-14-7-5-12(6-8-14)13(15)11(3)4/h10-12H,5-9H2,1-4H3. The number of piperidine rings is 1. The summed E-state index contributed by atoms with van der Waals surface area (Å²) in [5, 5.41) is 0. The molecular formula is C13H25NO. The van der Waals surface area contributed by atoms with Crippen LogP contribution in [0, 0.1) is 17.8 Å². The minimum atomic E-state index is 0.214. The van der Waals surface area contributed by atoms with E-state index in [0.29, 0.717) is 11.7 Å². The van der Waals surface area contributed by atoms with Crippen molar-refractivity contribution in [3.8, 4) is 0 Å². The number of carbonyl (C=O) groups is 1. The maximum atomic E-state index is 11.8. The zero-order valence-electron chi connectivity index (χ0n) is 10.6. The molecule has 0 spiro atoms. The predicted octanol–water partition coefficient (Wildman–Crippen LogP) is 2.58. The van der Waals surface area contributed by atoms with E-state index < -0.39 is 0 Å². The topological polar surface area (TPSA) is 20.3 Å². The summed E-state index contributed by atoms with van der Waals surface area (Å²) in [7, 11) is 0. The SMILES string of the molecule is CC(C)CN1CCC(C(=O)C(C)C)CC1. The Morgan fingerprint density at radius 3 is 2.13 bits per heavy atom. The molecule has 1 heterocycles. The first-order chi connectivity index (χ1) is 7.00. The lowest BCUT2D eigenvalue weighted by Gasteiger charge is -2.32. The van der Waals surface area contributed by atoms with Crippen LogP contribution in [0.15, 0.2) is 0 Å². The van der Waals surface area contributed by atoms with Gasteiger partial charge >= 0.3 is 0 Å². The molecule has 0 aliphatic carbocycles.